The minimum atomic E-state index is -0.124. The molecular weight excluding hydrogens is 334 g/mol. The molecule has 1 fully saturated rings. The van der Waals surface area contributed by atoms with Gasteiger partial charge >= 0.3 is 5.97 Å². The minimum absolute atomic E-state index is 0.124. The van der Waals surface area contributed by atoms with Crippen molar-refractivity contribution < 1.29 is 14.3 Å². The van der Waals surface area contributed by atoms with Crippen LogP contribution in [0.3, 0.4) is 0 Å². The predicted octanol–water partition coefficient (Wildman–Crippen LogP) is 3.25. The molecule has 116 valence electrons. The summed E-state index contributed by atoms with van der Waals surface area (Å²) in [5.41, 5.74) is 0. The lowest BCUT2D eigenvalue weighted by molar-refractivity contribution is -0.142. The van der Waals surface area contributed by atoms with Crippen LogP contribution in [-0.2, 0) is 9.53 Å². The second-order valence-corrected chi connectivity index (χ2v) is 6.18. The maximum atomic E-state index is 11.5. The van der Waals surface area contributed by atoms with Gasteiger partial charge in [0.25, 0.3) is 0 Å². The van der Waals surface area contributed by atoms with Crippen LogP contribution in [0.25, 0.3) is 0 Å². The molecule has 0 radical (unpaired) electrons. The van der Waals surface area contributed by atoms with Gasteiger partial charge < -0.3 is 9.47 Å². The molecule has 2 rings (SSSR count). The summed E-state index contributed by atoms with van der Waals surface area (Å²) in [6.07, 6.45) is 3.92. The summed E-state index contributed by atoms with van der Waals surface area (Å²) in [5.74, 6) is 0.750. The first kappa shape index (κ1) is 16.3. The van der Waals surface area contributed by atoms with E-state index < -0.39 is 0 Å². The molecule has 0 N–H and O–H groups in total. The van der Waals surface area contributed by atoms with E-state index in [2.05, 4.69) is 20.8 Å². The number of hydrogen-bond donors (Lipinski definition) is 0. The molecule has 0 amide bonds. The Balaban J connectivity index is 1.79. The smallest absolute Gasteiger partial charge is 0.307 e. The lowest BCUT2D eigenvalue weighted by Gasteiger charge is -2.34. The number of esters is 1. The standard InChI is InChI=1S/C16H22BrNO3/c1-20-16(19)12-14-4-2-3-9-18(14)10-11-21-15-7-5-13(17)6-8-15/h5-8,14H,2-4,9-12H2,1H3. The van der Waals surface area contributed by atoms with E-state index in [-0.39, 0.29) is 5.97 Å². The zero-order valence-electron chi connectivity index (χ0n) is 12.4. The molecule has 1 aliphatic heterocycles. The second-order valence-electron chi connectivity index (χ2n) is 5.27. The largest absolute Gasteiger partial charge is 0.492 e. The van der Waals surface area contributed by atoms with Gasteiger partial charge in [-0.25, -0.2) is 0 Å². The SMILES string of the molecule is COC(=O)CC1CCCCN1CCOc1ccc(Br)cc1. The molecular formula is C16H22BrNO3. The average Bonchev–Trinajstić information content (AvgIpc) is 2.51. The van der Waals surface area contributed by atoms with Crippen molar-refractivity contribution in [2.24, 2.45) is 0 Å². The zero-order valence-corrected chi connectivity index (χ0v) is 14.0. The van der Waals surface area contributed by atoms with Gasteiger partial charge in [0.2, 0.25) is 0 Å². The van der Waals surface area contributed by atoms with Crippen LogP contribution < -0.4 is 4.74 Å². The van der Waals surface area contributed by atoms with Crippen molar-refractivity contribution in [2.75, 3.05) is 26.8 Å². The predicted molar refractivity (Wildman–Crippen MR) is 85.5 cm³/mol. The fourth-order valence-corrected chi connectivity index (χ4v) is 2.94. The molecule has 0 aromatic heterocycles. The number of hydrogen-bond acceptors (Lipinski definition) is 4. The van der Waals surface area contributed by atoms with Gasteiger partial charge in [0.15, 0.2) is 0 Å². The summed E-state index contributed by atoms with van der Waals surface area (Å²) in [7, 11) is 1.45. The Morgan fingerprint density at radius 3 is 2.81 bits per heavy atom. The fraction of sp³-hybridized carbons (Fsp3) is 0.562. The Morgan fingerprint density at radius 2 is 2.10 bits per heavy atom. The summed E-state index contributed by atoms with van der Waals surface area (Å²) in [4.78, 5) is 13.8. The van der Waals surface area contributed by atoms with Crippen molar-refractivity contribution >= 4 is 21.9 Å². The molecule has 1 aromatic carbocycles. The third-order valence-electron chi connectivity index (χ3n) is 3.84. The van der Waals surface area contributed by atoms with Crippen LogP contribution >= 0.6 is 15.9 Å². The van der Waals surface area contributed by atoms with Crippen molar-refractivity contribution in [3.63, 3.8) is 0 Å². The number of benzene rings is 1. The molecule has 0 bridgehead atoms. The van der Waals surface area contributed by atoms with Crippen LogP contribution in [0.15, 0.2) is 28.7 Å². The molecule has 0 saturated carbocycles. The lowest BCUT2D eigenvalue weighted by Crippen LogP contribution is -2.43. The molecule has 5 heteroatoms. The number of rotatable bonds is 6. The maximum absolute atomic E-state index is 11.5. The molecule has 1 saturated heterocycles. The molecule has 1 unspecified atom stereocenters. The maximum Gasteiger partial charge on any atom is 0.307 e. The fourth-order valence-electron chi connectivity index (χ4n) is 2.67. The van der Waals surface area contributed by atoms with Crippen molar-refractivity contribution in [1.82, 2.24) is 4.90 Å². The van der Waals surface area contributed by atoms with E-state index in [9.17, 15) is 4.79 Å². The van der Waals surface area contributed by atoms with Gasteiger partial charge in [-0.15, -0.1) is 0 Å². The molecule has 4 nitrogen and oxygen atoms in total. The van der Waals surface area contributed by atoms with Gasteiger partial charge in [-0.2, -0.15) is 0 Å². The summed E-state index contributed by atoms with van der Waals surface area (Å²) < 4.78 is 11.6. The highest BCUT2D eigenvalue weighted by molar-refractivity contribution is 9.10. The van der Waals surface area contributed by atoms with E-state index >= 15 is 0 Å². The normalized spacial score (nSPS) is 19.2. The van der Waals surface area contributed by atoms with Gasteiger partial charge in [0.1, 0.15) is 12.4 Å². The van der Waals surface area contributed by atoms with Gasteiger partial charge in [0.05, 0.1) is 13.5 Å². The van der Waals surface area contributed by atoms with E-state index in [0.29, 0.717) is 19.1 Å². The molecule has 1 aromatic rings. The van der Waals surface area contributed by atoms with Gasteiger partial charge in [-0.1, -0.05) is 22.4 Å². The Kier molecular flexibility index (Phi) is 6.51. The molecule has 0 spiro atoms. The Morgan fingerprint density at radius 1 is 1.33 bits per heavy atom. The van der Waals surface area contributed by atoms with Gasteiger partial charge in [0, 0.05) is 17.1 Å². The van der Waals surface area contributed by atoms with Crippen molar-refractivity contribution in [2.45, 2.75) is 31.7 Å². The van der Waals surface area contributed by atoms with Crippen LogP contribution in [0.5, 0.6) is 5.75 Å². The number of carbonyl (C=O) groups excluding carboxylic acids is 1. The van der Waals surface area contributed by atoms with Crippen molar-refractivity contribution in [3.05, 3.63) is 28.7 Å². The highest BCUT2D eigenvalue weighted by Gasteiger charge is 2.24. The Labute approximate surface area is 134 Å². The summed E-state index contributed by atoms with van der Waals surface area (Å²) in [6.45, 7) is 2.52. The minimum Gasteiger partial charge on any atom is -0.492 e. The number of nitrogens with zero attached hydrogens (tertiary/aromatic N) is 1. The lowest BCUT2D eigenvalue weighted by atomic mass is 9.99. The van der Waals surface area contributed by atoms with Crippen LogP contribution in [0.2, 0.25) is 0 Å². The van der Waals surface area contributed by atoms with Gasteiger partial charge in [-0.05, 0) is 43.7 Å². The first-order valence-electron chi connectivity index (χ1n) is 7.38. The first-order chi connectivity index (χ1) is 10.2. The summed E-state index contributed by atoms with van der Waals surface area (Å²) >= 11 is 3.41. The second kappa shape index (κ2) is 8.39. The molecule has 21 heavy (non-hydrogen) atoms. The van der Waals surface area contributed by atoms with E-state index in [1.54, 1.807) is 0 Å². The third kappa shape index (κ3) is 5.32. The quantitative estimate of drug-likeness (QED) is 0.734. The number of methoxy groups -OCH3 is 1. The number of carbonyl (C=O) groups is 1. The molecule has 1 heterocycles. The Hall–Kier alpha value is -1.07. The zero-order chi connectivity index (χ0) is 15.1. The van der Waals surface area contributed by atoms with E-state index in [0.717, 1.165) is 29.7 Å². The summed E-state index contributed by atoms with van der Waals surface area (Å²) in [5, 5.41) is 0. The summed E-state index contributed by atoms with van der Waals surface area (Å²) in [6, 6.07) is 8.13. The molecule has 1 aliphatic rings. The highest BCUT2D eigenvalue weighted by atomic mass is 79.9. The van der Waals surface area contributed by atoms with E-state index in [1.165, 1.54) is 20.0 Å². The monoisotopic (exact) mass is 355 g/mol. The topological polar surface area (TPSA) is 38.8 Å². The van der Waals surface area contributed by atoms with Crippen LogP contribution in [0, 0.1) is 0 Å². The van der Waals surface area contributed by atoms with Crippen LogP contribution in [0.4, 0.5) is 0 Å². The van der Waals surface area contributed by atoms with Gasteiger partial charge in [-0.3, -0.25) is 9.69 Å². The highest BCUT2D eigenvalue weighted by Crippen LogP contribution is 2.20. The number of likely N-dealkylation sites (tertiary alicyclic amines) is 1. The van der Waals surface area contributed by atoms with Crippen LogP contribution in [-0.4, -0.2) is 43.7 Å². The third-order valence-corrected chi connectivity index (χ3v) is 4.37. The van der Waals surface area contributed by atoms with Crippen molar-refractivity contribution in [3.8, 4) is 5.75 Å². The molecule has 1 atom stereocenters. The number of ether oxygens (including phenoxy) is 2. The average molecular weight is 356 g/mol. The number of halogens is 1. The first-order valence-corrected chi connectivity index (χ1v) is 8.17. The van der Waals surface area contributed by atoms with E-state index in [4.69, 9.17) is 9.47 Å². The number of piperidine rings is 1. The molecule has 0 aliphatic carbocycles. The van der Waals surface area contributed by atoms with Crippen molar-refractivity contribution in [1.29, 1.82) is 0 Å². The van der Waals surface area contributed by atoms with E-state index in [1.807, 2.05) is 24.3 Å². The Bertz CT molecular complexity index is 449. The van der Waals surface area contributed by atoms with Crippen LogP contribution in [0.1, 0.15) is 25.7 Å².